The Hall–Kier alpha value is -1.19. The molecule has 2 aromatic rings. The van der Waals surface area contributed by atoms with Crippen molar-refractivity contribution in [3.8, 4) is 0 Å². The molecular weight excluding hydrogens is 343 g/mol. The second kappa shape index (κ2) is 5.63. The largest absolute Gasteiger partial charge is 0.409 e. The highest BCUT2D eigenvalue weighted by molar-refractivity contribution is 9.10. The maximum Gasteiger partial charge on any atom is 0.174 e. The monoisotopic (exact) mass is 348 g/mol. The Morgan fingerprint density at radius 1 is 1.56 bits per heavy atom. The molecular formula is C9H6BrFN4OS2. The van der Waals surface area contributed by atoms with Crippen molar-refractivity contribution in [3.63, 3.8) is 0 Å². The van der Waals surface area contributed by atoms with E-state index in [0.29, 0.717) is 9.24 Å². The lowest BCUT2D eigenvalue weighted by molar-refractivity contribution is 0.318. The van der Waals surface area contributed by atoms with Gasteiger partial charge in [-0.3, -0.25) is 0 Å². The van der Waals surface area contributed by atoms with Gasteiger partial charge in [-0.1, -0.05) is 16.9 Å². The fourth-order valence-corrected chi connectivity index (χ4v) is 3.29. The van der Waals surface area contributed by atoms with Crippen LogP contribution < -0.4 is 5.73 Å². The zero-order chi connectivity index (χ0) is 13.1. The van der Waals surface area contributed by atoms with Crippen LogP contribution in [0.1, 0.15) is 5.56 Å². The van der Waals surface area contributed by atoms with Crippen molar-refractivity contribution in [2.45, 2.75) is 9.24 Å². The van der Waals surface area contributed by atoms with Gasteiger partial charge in [0.2, 0.25) is 0 Å². The highest BCUT2D eigenvalue weighted by Gasteiger charge is 2.15. The van der Waals surface area contributed by atoms with Crippen molar-refractivity contribution in [1.82, 2.24) is 9.36 Å². The molecule has 9 heteroatoms. The van der Waals surface area contributed by atoms with Gasteiger partial charge in [0.25, 0.3) is 0 Å². The number of hydrogen-bond donors (Lipinski definition) is 2. The Kier molecular flexibility index (Phi) is 4.15. The number of aromatic nitrogens is 2. The van der Waals surface area contributed by atoms with E-state index in [-0.39, 0.29) is 15.9 Å². The molecule has 3 N–H and O–H groups in total. The number of oxime groups is 1. The minimum absolute atomic E-state index is 0.146. The van der Waals surface area contributed by atoms with Crippen LogP contribution in [0.25, 0.3) is 0 Å². The van der Waals surface area contributed by atoms with Crippen LogP contribution in [0, 0.1) is 5.82 Å². The Labute approximate surface area is 118 Å². The maximum absolute atomic E-state index is 14.0. The number of rotatable bonds is 3. The lowest BCUT2D eigenvalue weighted by Gasteiger charge is -2.07. The summed E-state index contributed by atoms with van der Waals surface area (Å²) in [5.41, 5.74) is 5.71. The van der Waals surface area contributed by atoms with Gasteiger partial charge in [-0.15, -0.1) is 0 Å². The number of benzene rings is 1. The van der Waals surface area contributed by atoms with Crippen LogP contribution in [-0.4, -0.2) is 20.4 Å². The van der Waals surface area contributed by atoms with Crippen molar-refractivity contribution in [3.05, 3.63) is 34.3 Å². The molecule has 0 aliphatic carbocycles. The number of nitrogens with two attached hydrogens (primary N) is 1. The highest BCUT2D eigenvalue weighted by atomic mass is 79.9. The van der Waals surface area contributed by atoms with E-state index < -0.39 is 5.82 Å². The van der Waals surface area contributed by atoms with Crippen LogP contribution in [0.2, 0.25) is 0 Å². The second-order valence-electron chi connectivity index (χ2n) is 3.03. The summed E-state index contributed by atoms with van der Waals surface area (Å²) in [7, 11) is 0. The van der Waals surface area contributed by atoms with Crippen LogP contribution in [0.4, 0.5) is 4.39 Å². The first-order valence-corrected chi connectivity index (χ1v) is 6.92. The van der Waals surface area contributed by atoms with Gasteiger partial charge in [0.05, 0.1) is 9.37 Å². The summed E-state index contributed by atoms with van der Waals surface area (Å²) in [5.74, 6) is -0.646. The van der Waals surface area contributed by atoms with Gasteiger partial charge in [0.1, 0.15) is 6.33 Å². The quantitative estimate of drug-likeness (QED) is 0.385. The Morgan fingerprint density at radius 2 is 2.33 bits per heavy atom. The first-order valence-electron chi connectivity index (χ1n) is 4.54. The van der Waals surface area contributed by atoms with Gasteiger partial charge in [-0.05, 0) is 39.6 Å². The minimum atomic E-state index is -0.487. The van der Waals surface area contributed by atoms with Crippen molar-refractivity contribution >= 4 is 45.1 Å². The summed E-state index contributed by atoms with van der Waals surface area (Å²) in [6, 6.07) is 3.10. The molecule has 1 aromatic heterocycles. The second-order valence-corrected chi connectivity index (χ2v) is 5.90. The van der Waals surface area contributed by atoms with E-state index in [9.17, 15) is 4.39 Å². The first-order chi connectivity index (χ1) is 8.63. The average Bonchev–Trinajstić information content (AvgIpc) is 2.87. The molecule has 1 heterocycles. The molecule has 94 valence electrons. The van der Waals surface area contributed by atoms with Gasteiger partial charge in [0, 0.05) is 5.56 Å². The SMILES string of the molecule is N/C(=N/O)c1ccc(Sc2ncns2)c(F)c1Br. The predicted octanol–water partition coefficient (Wildman–Crippen LogP) is 2.69. The molecule has 2 rings (SSSR count). The molecule has 0 aliphatic heterocycles. The van der Waals surface area contributed by atoms with E-state index in [1.165, 1.54) is 17.9 Å². The fraction of sp³-hybridized carbons (Fsp3) is 0. The Bertz CT molecular complexity index is 591. The first kappa shape index (κ1) is 13.2. The van der Waals surface area contributed by atoms with Crippen LogP contribution >= 0.6 is 39.2 Å². The Morgan fingerprint density at radius 3 is 2.94 bits per heavy atom. The lowest BCUT2D eigenvalue weighted by atomic mass is 10.2. The zero-order valence-electron chi connectivity index (χ0n) is 8.67. The van der Waals surface area contributed by atoms with Crippen molar-refractivity contribution in [2.24, 2.45) is 10.9 Å². The summed E-state index contributed by atoms with van der Waals surface area (Å²) >= 11 is 5.42. The molecule has 0 aliphatic rings. The molecule has 0 radical (unpaired) electrons. The van der Waals surface area contributed by atoms with Crippen molar-refractivity contribution in [1.29, 1.82) is 0 Å². The van der Waals surface area contributed by atoms with Crippen LogP contribution in [0.3, 0.4) is 0 Å². The molecule has 0 spiro atoms. The van der Waals surface area contributed by atoms with Gasteiger partial charge in [-0.25, -0.2) is 9.37 Å². The standard InChI is InChI=1S/C9H6BrFN4OS2/c10-6-4(8(12)15-16)1-2-5(7(6)11)17-9-13-3-14-18-9/h1-3,16H,(H2,12,15). The van der Waals surface area contributed by atoms with E-state index in [1.54, 1.807) is 12.1 Å². The average molecular weight is 349 g/mol. The highest BCUT2D eigenvalue weighted by Crippen LogP contribution is 2.34. The van der Waals surface area contributed by atoms with Crippen LogP contribution in [-0.2, 0) is 0 Å². The molecule has 5 nitrogen and oxygen atoms in total. The van der Waals surface area contributed by atoms with Crippen LogP contribution in [0.15, 0.2) is 37.3 Å². The summed E-state index contributed by atoms with van der Waals surface area (Å²) in [6.45, 7) is 0. The molecule has 0 fully saturated rings. The van der Waals surface area contributed by atoms with Crippen molar-refractivity contribution in [2.75, 3.05) is 0 Å². The molecule has 0 atom stereocenters. The van der Waals surface area contributed by atoms with E-state index in [1.807, 2.05) is 0 Å². The third-order valence-corrected chi connectivity index (χ3v) is 4.49. The molecule has 1 aromatic carbocycles. The van der Waals surface area contributed by atoms with Crippen molar-refractivity contribution < 1.29 is 9.60 Å². The third kappa shape index (κ3) is 2.62. The number of hydrogen-bond acceptors (Lipinski definition) is 6. The van der Waals surface area contributed by atoms with Gasteiger partial charge in [0.15, 0.2) is 16.0 Å². The number of amidine groups is 1. The minimum Gasteiger partial charge on any atom is -0.409 e. The third-order valence-electron chi connectivity index (χ3n) is 1.97. The van der Waals surface area contributed by atoms with E-state index >= 15 is 0 Å². The summed E-state index contributed by atoms with van der Waals surface area (Å²) < 4.78 is 18.7. The molecule has 0 amide bonds. The zero-order valence-corrected chi connectivity index (χ0v) is 11.9. The van der Waals surface area contributed by atoms with E-state index in [0.717, 1.165) is 11.8 Å². The fourth-order valence-electron chi connectivity index (χ4n) is 1.16. The summed E-state index contributed by atoms with van der Waals surface area (Å²) in [4.78, 5) is 4.34. The maximum atomic E-state index is 14.0. The molecule has 0 bridgehead atoms. The van der Waals surface area contributed by atoms with Gasteiger partial charge in [-0.2, -0.15) is 4.37 Å². The Balaban J connectivity index is 2.38. The topological polar surface area (TPSA) is 84.4 Å². The molecule has 0 unspecified atom stereocenters. The molecule has 0 saturated heterocycles. The lowest BCUT2D eigenvalue weighted by Crippen LogP contribution is -2.14. The predicted molar refractivity (Wildman–Crippen MR) is 70.6 cm³/mol. The molecule has 18 heavy (non-hydrogen) atoms. The normalized spacial score (nSPS) is 11.8. The summed E-state index contributed by atoms with van der Waals surface area (Å²) in [5, 5.41) is 11.4. The summed E-state index contributed by atoms with van der Waals surface area (Å²) in [6.07, 6.45) is 1.41. The van der Waals surface area contributed by atoms with Crippen LogP contribution in [0.5, 0.6) is 0 Å². The smallest absolute Gasteiger partial charge is 0.174 e. The van der Waals surface area contributed by atoms with E-state index in [4.69, 9.17) is 10.9 Å². The van der Waals surface area contributed by atoms with Gasteiger partial charge >= 0.3 is 0 Å². The number of nitrogens with zero attached hydrogens (tertiary/aromatic N) is 3. The van der Waals surface area contributed by atoms with E-state index in [2.05, 4.69) is 30.4 Å². The van der Waals surface area contributed by atoms with Gasteiger partial charge < -0.3 is 10.9 Å². The number of halogens is 2. The molecule has 0 saturated carbocycles.